The predicted octanol–water partition coefficient (Wildman–Crippen LogP) is 2.37. The normalized spacial score (nSPS) is 11.5. The third-order valence-electron chi connectivity index (χ3n) is 2.17. The minimum Gasteiger partial charge on any atom is -0.300 e. The molecule has 0 bridgehead atoms. The van der Waals surface area contributed by atoms with Gasteiger partial charge in [-0.15, -0.1) is 0 Å². The number of halogens is 3. The largest absolute Gasteiger partial charge is 0.435 e. The lowest BCUT2D eigenvalue weighted by atomic mass is 10.2. The van der Waals surface area contributed by atoms with Gasteiger partial charge in [-0.05, 0) is 24.3 Å². The Morgan fingerprint density at radius 3 is 2.53 bits per heavy atom. The number of hydrogen-bond donors (Lipinski definition) is 1. The third-order valence-corrected chi connectivity index (χ3v) is 2.17. The van der Waals surface area contributed by atoms with E-state index in [1.807, 2.05) is 0 Å². The summed E-state index contributed by atoms with van der Waals surface area (Å²) >= 11 is 0. The molecule has 17 heavy (non-hydrogen) atoms. The van der Waals surface area contributed by atoms with E-state index >= 15 is 0 Å². The monoisotopic (exact) mass is 239 g/mol. The van der Waals surface area contributed by atoms with Gasteiger partial charge in [0.2, 0.25) is 0 Å². The van der Waals surface area contributed by atoms with Crippen molar-refractivity contribution in [2.45, 2.75) is 6.18 Å². The van der Waals surface area contributed by atoms with Crippen molar-refractivity contribution in [3.63, 3.8) is 0 Å². The first-order valence-electron chi connectivity index (χ1n) is 4.75. The van der Waals surface area contributed by atoms with Crippen LogP contribution in [0.3, 0.4) is 0 Å². The smallest absolute Gasteiger partial charge is 0.300 e. The Morgan fingerprint density at radius 1 is 1.12 bits per heavy atom. The summed E-state index contributed by atoms with van der Waals surface area (Å²) < 4.78 is 39.3. The average molecular weight is 239 g/mol. The first-order valence-corrected chi connectivity index (χ1v) is 4.75. The van der Waals surface area contributed by atoms with Gasteiger partial charge in [0.1, 0.15) is 5.49 Å². The zero-order chi connectivity index (χ0) is 12.5. The summed E-state index contributed by atoms with van der Waals surface area (Å²) in [4.78, 5) is 3.34. The van der Waals surface area contributed by atoms with Crippen LogP contribution >= 0.6 is 0 Å². The molecule has 0 aliphatic carbocycles. The van der Waals surface area contributed by atoms with Gasteiger partial charge >= 0.3 is 6.18 Å². The van der Waals surface area contributed by atoms with Gasteiger partial charge in [0, 0.05) is 12.4 Å². The van der Waals surface area contributed by atoms with Crippen LogP contribution in [0, 0.1) is 5.41 Å². The van der Waals surface area contributed by atoms with Gasteiger partial charge in [0.05, 0.1) is 5.69 Å². The molecule has 1 N–H and O–H groups in total. The summed E-state index contributed by atoms with van der Waals surface area (Å²) in [6, 6.07) is 7.25. The van der Waals surface area contributed by atoms with E-state index in [1.165, 1.54) is 24.4 Å². The van der Waals surface area contributed by atoms with Crippen LogP contribution in [-0.4, -0.2) is 9.55 Å². The van der Waals surface area contributed by atoms with Crippen molar-refractivity contribution >= 4 is 0 Å². The highest BCUT2D eigenvalue weighted by molar-refractivity contribution is 5.38. The van der Waals surface area contributed by atoms with Crippen LogP contribution in [0.25, 0.3) is 5.69 Å². The maximum absolute atomic E-state index is 12.7. The van der Waals surface area contributed by atoms with E-state index in [0.29, 0.717) is 0 Å². The van der Waals surface area contributed by atoms with Crippen molar-refractivity contribution in [2.75, 3.05) is 0 Å². The van der Waals surface area contributed by atoms with Crippen LogP contribution in [0.1, 0.15) is 5.69 Å². The Balaban J connectivity index is 2.69. The summed E-state index contributed by atoms with van der Waals surface area (Å²) in [6.07, 6.45) is -2.06. The third kappa shape index (κ3) is 2.20. The quantitative estimate of drug-likeness (QED) is 0.815. The number of alkyl halides is 3. The molecule has 6 heteroatoms. The number of nitrogens with one attached hydrogen (secondary N) is 1. The Labute approximate surface area is 94.7 Å². The molecule has 88 valence electrons. The average Bonchev–Trinajstić information content (AvgIpc) is 2.28. The number of nitrogens with zero attached hydrogens (tertiary/aromatic N) is 2. The van der Waals surface area contributed by atoms with E-state index in [0.717, 1.165) is 10.8 Å². The Morgan fingerprint density at radius 2 is 1.88 bits per heavy atom. The van der Waals surface area contributed by atoms with Crippen LogP contribution in [0.15, 0.2) is 42.7 Å². The molecule has 0 saturated heterocycles. The van der Waals surface area contributed by atoms with E-state index in [4.69, 9.17) is 5.41 Å². The van der Waals surface area contributed by atoms with Gasteiger partial charge in [0.15, 0.2) is 5.69 Å². The van der Waals surface area contributed by atoms with E-state index in [-0.39, 0.29) is 11.2 Å². The molecule has 0 aliphatic heterocycles. The molecule has 0 amide bonds. The van der Waals surface area contributed by atoms with Gasteiger partial charge in [0.25, 0.3) is 0 Å². The minimum absolute atomic E-state index is 0.0361. The number of hydrogen-bond acceptors (Lipinski definition) is 2. The van der Waals surface area contributed by atoms with Crippen LogP contribution in [0.4, 0.5) is 13.2 Å². The summed E-state index contributed by atoms with van der Waals surface area (Å²) in [5.74, 6) is 0. The minimum atomic E-state index is -4.54. The molecule has 0 atom stereocenters. The lowest BCUT2D eigenvalue weighted by Gasteiger charge is -2.13. The molecule has 0 aliphatic rings. The maximum Gasteiger partial charge on any atom is 0.435 e. The molecule has 2 aromatic heterocycles. The fraction of sp³-hybridized carbons (Fsp3) is 0.0909. The molecule has 0 radical (unpaired) electrons. The van der Waals surface area contributed by atoms with Crippen molar-refractivity contribution in [1.29, 1.82) is 5.41 Å². The number of rotatable bonds is 1. The maximum atomic E-state index is 12.7. The second kappa shape index (κ2) is 4.04. The van der Waals surface area contributed by atoms with E-state index in [1.54, 1.807) is 12.1 Å². The van der Waals surface area contributed by atoms with Crippen LogP contribution in [-0.2, 0) is 6.18 Å². The van der Waals surface area contributed by atoms with Gasteiger partial charge in [-0.3, -0.25) is 5.41 Å². The lowest BCUT2D eigenvalue weighted by Crippen LogP contribution is -2.21. The first-order chi connectivity index (χ1) is 8.00. The van der Waals surface area contributed by atoms with E-state index in [2.05, 4.69) is 4.98 Å². The molecule has 3 nitrogen and oxygen atoms in total. The summed E-state index contributed by atoms with van der Waals surface area (Å²) in [6.45, 7) is 0. The fourth-order valence-electron chi connectivity index (χ4n) is 1.46. The molecule has 0 saturated carbocycles. The van der Waals surface area contributed by atoms with Crippen LogP contribution < -0.4 is 5.49 Å². The molecule has 2 heterocycles. The fourth-order valence-corrected chi connectivity index (χ4v) is 1.46. The van der Waals surface area contributed by atoms with Crippen molar-refractivity contribution in [1.82, 2.24) is 9.55 Å². The highest BCUT2D eigenvalue weighted by Gasteiger charge is 2.35. The van der Waals surface area contributed by atoms with E-state index < -0.39 is 11.9 Å². The second-order valence-electron chi connectivity index (χ2n) is 3.32. The van der Waals surface area contributed by atoms with Gasteiger partial charge in [-0.2, -0.15) is 13.2 Å². The lowest BCUT2D eigenvalue weighted by molar-refractivity contribution is -0.141. The molecule has 2 aromatic rings. The number of pyridine rings is 2. The molecule has 0 spiro atoms. The summed E-state index contributed by atoms with van der Waals surface area (Å²) in [5.41, 5.74) is -1.18. The van der Waals surface area contributed by atoms with Crippen LogP contribution in [0.2, 0.25) is 0 Å². The van der Waals surface area contributed by atoms with Gasteiger partial charge in [-0.25, -0.2) is 4.98 Å². The number of aromatic nitrogens is 2. The van der Waals surface area contributed by atoms with Crippen LogP contribution in [0.5, 0.6) is 0 Å². The predicted molar refractivity (Wildman–Crippen MR) is 54.4 cm³/mol. The summed E-state index contributed by atoms with van der Waals surface area (Å²) in [5, 5.41) is 7.58. The molecular weight excluding hydrogens is 231 g/mol. The second-order valence-corrected chi connectivity index (χ2v) is 3.32. The molecule has 2 rings (SSSR count). The molecule has 0 fully saturated rings. The van der Waals surface area contributed by atoms with Gasteiger partial charge < -0.3 is 4.57 Å². The Hall–Kier alpha value is -2.11. The molecule has 0 unspecified atom stereocenters. The molecular formula is C11H8F3N3. The first kappa shape index (κ1) is 11.4. The highest BCUT2D eigenvalue weighted by Crippen LogP contribution is 2.31. The standard InChI is InChI=1S/C11H8F3N3/c12-11(13,14)10-8(4-3-6-16-10)17-7-2-1-5-9(17)15/h1-7,15H. The zero-order valence-corrected chi connectivity index (χ0v) is 8.57. The Bertz CT molecular complexity index is 587. The summed E-state index contributed by atoms with van der Waals surface area (Å²) in [7, 11) is 0. The van der Waals surface area contributed by atoms with Crippen molar-refractivity contribution in [2.24, 2.45) is 0 Å². The molecule has 0 aromatic carbocycles. The SMILES string of the molecule is N=c1ccccn1-c1cccnc1C(F)(F)F. The van der Waals surface area contributed by atoms with Gasteiger partial charge in [-0.1, -0.05) is 6.07 Å². The highest BCUT2D eigenvalue weighted by atomic mass is 19.4. The topological polar surface area (TPSA) is 41.7 Å². The Kier molecular flexibility index (Phi) is 2.71. The van der Waals surface area contributed by atoms with E-state index in [9.17, 15) is 13.2 Å². The zero-order valence-electron chi connectivity index (χ0n) is 8.57. The van der Waals surface area contributed by atoms with Crippen molar-refractivity contribution in [3.05, 3.63) is 53.9 Å². The van der Waals surface area contributed by atoms with Crippen molar-refractivity contribution in [3.8, 4) is 5.69 Å². The van der Waals surface area contributed by atoms with Crippen molar-refractivity contribution < 1.29 is 13.2 Å².